The highest BCUT2D eigenvalue weighted by Crippen LogP contribution is 2.36. The molecule has 0 saturated carbocycles. The van der Waals surface area contributed by atoms with Gasteiger partial charge in [0.25, 0.3) is 0 Å². The Hall–Kier alpha value is -2.74. The average molecular weight is 258 g/mol. The second-order valence-corrected chi connectivity index (χ2v) is 4.97. The minimum Gasteiger partial charge on any atom is -0.298 e. The Kier molecular flexibility index (Phi) is 2.15. The van der Waals surface area contributed by atoms with E-state index in [0.29, 0.717) is 11.1 Å². The summed E-state index contributed by atoms with van der Waals surface area (Å²) in [6.45, 7) is 0. The third-order valence-electron chi connectivity index (χ3n) is 3.97. The van der Waals surface area contributed by atoms with Crippen molar-refractivity contribution in [3.63, 3.8) is 0 Å². The summed E-state index contributed by atoms with van der Waals surface area (Å²) < 4.78 is 0. The summed E-state index contributed by atoms with van der Waals surface area (Å²) in [4.78, 5) is 22.6. The van der Waals surface area contributed by atoms with Crippen molar-refractivity contribution in [3.05, 3.63) is 59.7 Å². The van der Waals surface area contributed by atoms with Crippen molar-refractivity contribution in [1.82, 2.24) is 0 Å². The van der Waals surface area contributed by atoms with Crippen LogP contribution in [-0.4, -0.2) is 12.6 Å². The van der Waals surface area contributed by atoms with E-state index in [4.69, 9.17) is 0 Å². The number of rotatable bonds is 2. The van der Waals surface area contributed by atoms with Gasteiger partial charge in [-0.25, -0.2) is 0 Å². The highest BCUT2D eigenvalue weighted by Gasteiger charge is 2.13. The standard InChI is InChI=1S/C18H10O2/c19-9-14-8-13-5-4-11-2-1-3-12-6-7-15(16(14)10-20)18(13)17(11)12/h1-10H. The Morgan fingerprint density at radius 3 is 2.10 bits per heavy atom. The molecule has 0 amide bonds. The van der Waals surface area contributed by atoms with E-state index in [1.807, 2.05) is 24.3 Å². The van der Waals surface area contributed by atoms with Crippen LogP contribution in [0.25, 0.3) is 32.3 Å². The van der Waals surface area contributed by atoms with Crippen molar-refractivity contribution >= 4 is 44.9 Å². The molecule has 0 aliphatic rings. The van der Waals surface area contributed by atoms with Crippen LogP contribution in [0.2, 0.25) is 0 Å². The van der Waals surface area contributed by atoms with Crippen molar-refractivity contribution in [3.8, 4) is 0 Å². The summed E-state index contributed by atoms with van der Waals surface area (Å²) in [5.74, 6) is 0. The van der Waals surface area contributed by atoms with Crippen LogP contribution in [0.15, 0.2) is 48.5 Å². The summed E-state index contributed by atoms with van der Waals surface area (Å²) in [5.41, 5.74) is 0.927. The molecule has 0 bridgehead atoms. The molecule has 0 aliphatic heterocycles. The molecule has 0 saturated heterocycles. The van der Waals surface area contributed by atoms with Crippen LogP contribution in [0, 0.1) is 0 Å². The quantitative estimate of drug-likeness (QED) is 0.398. The predicted octanol–water partition coefficient (Wildman–Crippen LogP) is 4.21. The van der Waals surface area contributed by atoms with Gasteiger partial charge in [-0.2, -0.15) is 0 Å². The van der Waals surface area contributed by atoms with Crippen molar-refractivity contribution in [1.29, 1.82) is 0 Å². The third-order valence-corrected chi connectivity index (χ3v) is 3.97. The summed E-state index contributed by atoms with van der Waals surface area (Å²) >= 11 is 0. The van der Waals surface area contributed by atoms with E-state index < -0.39 is 0 Å². The van der Waals surface area contributed by atoms with Gasteiger partial charge in [0.05, 0.1) is 0 Å². The largest absolute Gasteiger partial charge is 0.298 e. The Morgan fingerprint density at radius 2 is 1.40 bits per heavy atom. The molecule has 20 heavy (non-hydrogen) atoms. The molecule has 4 aromatic carbocycles. The monoisotopic (exact) mass is 258 g/mol. The van der Waals surface area contributed by atoms with Gasteiger partial charge in [-0.3, -0.25) is 9.59 Å². The molecule has 0 N–H and O–H groups in total. The summed E-state index contributed by atoms with van der Waals surface area (Å²) in [5, 5.41) is 6.37. The maximum absolute atomic E-state index is 11.4. The smallest absolute Gasteiger partial charge is 0.151 e. The fourth-order valence-corrected chi connectivity index (χ4v) is 3.08. The maximum Gasteiger partial charge on any atom is 0.151 e. The van der Waals surface area contributed by atoms with Gasteiger partial charge in [-0.05, 0) is 38.4 Å². The minimum absolute atomic E-state index is 0.450. The van der Waals surface area contributed by atoms with Gasteiger partial charge >= 0.3 is 0 Å². The van der Waals surface area contributed by atoms with Crippen LogP contribution in [0.1, 0.15) is 20.7 Å². The van der Waals surface area contributed by atoms with Crippen molar-refractivity contribution < 1.29 is 9.59 Å². The van der Waals surface area contributed by atoms with Crippen molar-refractivity contribution in [2.75, 3.05) is 0 Å². The molecule has 0 unspecified atom stereocenters. The van der Waals surface area contributed by atoms with E-state index >= 15 is 0 Å². The number of hydrogen-bond donors (Lipinski definition) is 0. The topological polar surface area (TPSA) is 34.1 Å². The lowest BCUT2D eigenvalue weighted by Crippen LogP contribution is -1.95. The lowest BCUT2D eigenvalue weighted by molar-refractivity contribution is 0.109. The van der Waals surface area contributed by atoms with Gasteiger partial charge in [0.1, 0.15) is 0 Å². The van der Waals surface area contributed by atoms with Crippen LogP contribution in [0.5, 0.6) is 0 Å². The first-order valence-corrected chi connectivity index (χ1v) is 6.44. The summed E-state index contributed by atoms with van der Waals surface area (Å²) in [6.07, 6.45) is 1.52. The molecule has 0 heterocycles. The third kappa shape index (κ3) is 1.28. The van der Waals surface area contributed by atoms with Gasteiger partial charge in [-0.1, -0.05) is 42.5 Å². The first-order chi connectivity index (χ1) is 9.83. The Morgan fingerprint density at radius 1 is 0.700 bits per heavy atom. The second kappa shape index (κ2) is 3.87. The van der Waals surface area contributed by atoms with Crippen molar-refractivity contribution in [2.24, 2.45) is 0 Å². The molecule has 0 fully saturated rings. The normalized spacial score (nSPS) is 11.4. The number of carbonyl (C=O) groups excluding carboxylic acids is 2. The van der Waals surface area contributed by atoms with Gasteiger partial charge in [0.2, 0.25) is 0 Å². The Labute approximate surface area is 115 Å². The van der Waals surface area contributed by atoms with Crippen LogP contribution in [0.3, 0.4) is 0 Å². The first kappa shape index (κ1) is 11.1. The highest BCUT2D eigenvalue weighted by atomic mass is 16.1. The van der Waals surface area contributed by atoms with E-state index in [-0.39, 0.29) is 0 Å². The first-order valence-electron chi connectivity index (χ1n) is 6.44. The molecule has 2 nitrogen and oxygen atoms in total. The molecule has 4 aromatic rings. The summed E-state index contributed by atoms with van der Waals surface area (Å²) in [7, 11) is 0. The predicted molar refractivity (Wildman–Crippen MR) is 80.9 cm³/mol. The molecular weight excluding hydrogens is 248 g/mol. The van der Waals surface area contributed by atoms with E-state index in [1.165, 1.54) is 0 Å². The molecule has 2 heteroatoms. The zero-order valence-electron chi connectivity index (χ0n) is 10.6. The highest BCUT2D eigenvalue weighted by molar-refractivity contribution is 6.26. The van der Waals surface area contributed by atoms with E-state index in [2.05, 4.69) is 18.2 Å². The maximum atomic E-state index is 11.4. The van der Waals surface area contributed by atoms with E-state index in [9.17, 15) is 9.59 Å². The SMILES string of the molecule is O=Cc1cc2ccc3cccc4ccc(c1C=O)c2c34. The number of hydrogen-bond acceptors (Lipinski definition) is 2. The molecule has 0 radical (unpaired) electrons. The zero-order valence-corrected chi connectivity index (χ0v) is 10.6. The lowest BCUT2D eigenvalue weighted by atomic mass is 9.90. The summed E-state index contributed by atoms with van der Waals surface area (Å²) in [6, 6.07) is 16.0. The number of aldehydes is 2. The molecule has 0 aromatic heterocycles. The number of carbonyl (C=O) groups is 2. The molecule has 4 rings (SSSR count). The number of benzene rings is 4. The fraction of sp³-hybridized carbons (Fsp3) is 0. The van der Waals surface area contributed by atoms with Crippen LogP contribution < -0.4 is 0 Å². The Balaban J connectivity index is 2.40. The molecule has 94 valence electrons. The zero-order chi connectivity index (χ0) is 13.7. The van der Waals surface area contributed by atoms with E-state index in [0.717, 1.165) is 44.9 Å². The molecule has 0 spiro atoms. The van der Waals surface area contributed by atoms with E-state index in [1.54, 1.807) is 6.07 Å². The van der Waals surface area contributed by atoms with Gasteiger partial charge in [0.15, 0.2) is 12.6 Å². The van der Waals surface area contributed by atoms with Gasteiger partial charge in [0, 0.05) is 11.1 Å². The fourth-order valence-electron chi connectivity index (χ4n) is 3.08. The lowest BCUT2D eigenvalue weighted by Gasteiger charge is -2.13. The molecule has 0 atom stereocenters. The van der Waals surface area contributed by atoms with Crippen LogP contribution in [0.4, 0.5) is 0 Å². The van der Waals surface area contributed by atoms with Crippen LogP contribution >= 0.6 is 0 Å². The average Bonchev–Trinajstić information content (AvgIpc) is 2.51. The van der Waals surface area contributed by atoms with Crippen molar-refractivity contribution in [2.45, 2.75) is 0 Å². The molecule has 0 aliphatic carbocycles. The second-order valence-electron chi connectivity index (χ2n) is 4.97. The van der Waals surface area contributed by atoms with Gasteiger partial charge in [-0.15, -0.1) is 0 Å². The Bertz CT molecular complexity index is 967. The molecular formula is C18H10O2. The van der Waals surface area contributed by atoms with Crippen LogP contribution in [-0.2, 0) is 0 Å². The van der Waals surface area contributed by atoms with Gasteiger partial charge < -0.3 is 0 Å². The minimum atomic E-state index is 0.450.